The molecule has 0 unspecified atom stereocenters. The number of nitrogens with zero attached hydrogens (tertiary/aromatic N) is 2. The number of aromatic carboxylic acids is 1. The van der Waals surface area contributed by atoms with Crippen LogP contribution in [0.25, 0.3) is 5.65 Å². The lowest BCUT2D eigenvalue weighted by Crippen LogP contribution is -2.27. The summed E-state index contributed by atoms with van der Waals surface area (Å²) in [6, 6.07) is 3.15. The smallest absolute Gasteiger partial charge is 0.335 e. The van der Waals surface area contributed by atoms with E-state index >= 15 is 0 Å². The molecule has 1 N–H and O–H groups in total. The number of rotatable bonds is 5. The Balaban J connectivity index is 2.08. The average molecular weight is 380 g/mol. The Morgan fingerprint density at radius 1 is 1.37 bits per heavy atom. The Kier molecular flexibility index (Phi) is 5.01. The second kappa shape index (κ2) is 6.86. The number of hydrogen-bond donors (Lipinski definition) is 1. The number of aromatic nitrogens is 2. The van der Waals surface area contributed by atoms with Gasteiger partial charge in [0, 0.05) is 31.3 Å². The Hall–Kier alpha value is -2.02. The second-order valence-corrected chi connectivity index (χ2v) is 8.01. The van der Waals surface area contributed by atoms with Crippen LogP contribution in [0.2, 0.25) is 0 Å². The number of hydrogen-bond acceptors (Lipinski definition) is 3. The number of carboxylic acid groups (broad SMARTS) is 1. The van der Waals surface area contributed by atoms with Gasteiger partial charge in [-0.15, -0.1) is 0 Å². The van der Waals surface area contributed by atoms with Crippen LogP contribution in [-0.2, 0) is 16.8 Å². The SMILES string of the molecule is COC(C)(C)c1nc2cc(C(=O)O)cc(C)n2c1CC1CCC(F)(F)CC1. The van der Waals surface area contributed by atoms with Crippen molar-refractivity contribution in [3.05, 3.63) is 34.8 Å². The molecular weight excluding hydrogens is 354 g/mol. The Morgan fingerprint density at radius 2 is 2.00 bits per heavy atom. The van der Waals surface area contributed by atoms with E-state index in [9.17, 15) is 18.7 Å². The zero-order valence-electron chi connectivity index (χ0n) is 16.2. The Morgan fingerprint density at radius 3 is 2.56 bits per heavy atom. The van der Waals surface area contributed by atoms with Gasteiger partial charge >= 0.3 is 5.97 Å². The van der Waals surface area contributed by atoms with Gasteiger partial charge in [0.25, 0.3) is 0 Å². The van der Waals surface area contributed by atoms with Crippen LogP contribution in [0.1, 0.15) is 67.0 Å². The number of aryl methyl sites for hydroxylation is 1. The van der Waals surface area contributed by atoms with E-state index in [4.69, 9.17) is 4.74 Å². The molecule has 3 rings (SSSR count). The number of alkyl halides is 2. The molecule has 0 spiro atoms. The second-order valence-electron chi connectivity index (χ2n) is 8.01. The van der Waals surface area contributed by atoms with Crippen molar-refractivity contribution in [1.29, 1.82) is 0 Å². The predicted octanol–water partition coefficient (Wildman–Crippen LogP) is 4.59. The highest BCUT2D eigenvalue weighted by atomic mass is 19.3. The highest BCUT2D eigenvalue weighted by molar-refractivity contribution is 5.89. The normalized spacial score (nSPS) is 18.1. The van der Waals surface area contributed by atoms with Crippen LogP contribution in [0.5, 0.6) is 0 Å². The summed E-state index contributed by atoms with van der Waals surface area (Å²) in [5.41, 5.74) is 2.45. The van der Waals surface area contributed by atoms with Crippen LogP contribution in [0.15, 0.2) is 12.1 Å². The molecule has 1 saturated carbocycles. The molecule has 0 aromatic carbocycles. The van der Waals surface area contributed by atoms with Gasteiger partial charge in [0.05, 0.1) is 11.3 Å². The first kappa shape index (κ1) is 19.7. The third kappa shape index (κ3) is 3.83. The lowest BCUT2D eigenvalue weighted by molar-refractivity contribution is -0.0459. The van der Waals surface area contributed by atoms with E-state index in [2.05, 4.69) is 4.98 Å². The van der Waals surface area contributed by atoms with Crippen molar-refractivity contribution in [3.63, 3.8) is 0 Å². The summed E-state index contributed by atoms with van der Waals surface area (Å²) in [6.07, 6.45) is 1.39. The third-order valence-electron chi connectivity index (χ3n) is 5.65. The fourth-order valence-electron chi connectivity index (χ4n) is 3.90. The first-order chi connectivity index (χ1) is 12.5. The lowest BCUT2D eigenvalue weighted by atomic mass is 9.83. The lowest BCUT2D eigenvalue weighted by Gasteiger charge is -2.29. The van der Waals surface area contributed by atoms with Crippen LogP contribution in [0.4, 0.5) is 8.78 Å². The van der Waals surface area contributed by atoms with E-state index in [0.717, 1.165) is 17.1 Å². The standard InChI is InChI=1S/C20H26F2N2O3/c1-12-9-14(18(25)26)11-16-23-17(19(2,3)27-4)15(24(12)16)10-13-5-7-20(21,22)8-6-13/h9,11,13H,5-8,10H2,1-4H3,(H,25,26). The van der Waals surface area contributed by atoms with E-state index < -0.39 is 17.5 Å². The zero-order chi connectivity index (χ0) is 20.0. The molecule has 2 heterocycles. The minimum atomic E-state index is -2.56. The number of fused-ring (bicyclic) bond motifs is 1. The summed E-state index contributed by atoms with van der Waals surface area (Å²) < 4.78 is 34.6. The monoisotopic (exact) mass is 380 g/mol. The number of methoxy groups -OCH3 is 1. The number of carboxylic acids is 1. The van der Waals surface area contributed by atoms with Crippen molar-refractivity contribution in [1.82, 2.24) is 9.38 Å². The largest absolute Gasteiger partial charge is 0.478 e. The number of imidazole rings is 1. The fraction of sp³-hybridized carbons (Fsp3) is 0.600. The molecule has 0 atom stereocenters. The summed E-state index contributed by atoms with van der Waals surface area (Å²) in [7, 11) is 1.60. The van der Waals surface area contributed by atoms with Crippen LogP contribution in [0, 0.1) is 12.8 Å². The summed E-state index contributed by atoms with van der Waals surface area (Å²) >= 11 is 0. The molecule has 1 aliphatic carbocycles. The molecule has 0 bridgehead atoms. The van der Waals surface area contributed by atoms with Gasteiger partial charge in [0.15, 0.2) is 0 Å². The highest BCUT2D eigenvalue weighted by Crippen LogP contribution is 2.39. The first-order valence-electron chi connectivity index (χ1n) is 9.23. The van der Waals surface area contributed by atoms with Crippen LogP contribution >= 0.6 is 0 Å². The fourth-order valence-corrected chi connectivity index (χ4v) is 3.90. The van der Waals surface area contributed by atoms with Gasteiger partial charge in [0.1, 0.15) is 11.2 Å². The molecule has 2 aromatic heterocycles. The maximum absolute atomic E-state index is 13.5. The van der Waals surface area contributed by atoms with Crippen molar-refractivity contribution in [2.24, 2.45) is 5.92 Å². The quantitative estimate of drug-likeness (QED) is 0.824. The van der Waals surface area contributed by atoms with Gasteiger partial charge in [-0.1, -0.05) is 0 Å². The molecule has 0 aliphatic heterocycles. The van der Waals surface area contributed by atoms with E-state index in [1.807, 2.05) is 25.2 Å². The Labute approximate surface area is 157 Å². The molecule has 0 radical (unpaired) electrons. The predicted molar refractivity (Wildman–Crippen MR) is 97.5 cm³/mol. The topological polar surface area (TPSA) is 63.8 Å². The number of halogens is 2. The van der Waals surface area contributed by atoms with Gasteiger partial charge in [0.2, 0.25) is 5.92 Å². The van der Waals surface area contributed by atoms with E-state index in [1.165, 1.54) is 0 Å². The molecule has 5 nitrogen and oxygen atoms in total. The van der Waals surface area contributed by atoms with Crippen molar-refractivity contribution in [2.45, 2.75) is 64.4 Å². The average Bonchev–Trinajstić information content (AvgIpc) is 2.96. The van der Waals surface area contributed by atoms with Crippen LogP contribution in [0.3, 0.4) is 0 Å². The highest BCUT2D eigenvalue weighted by Gasteiger charge is 2.37. The Bertz CT molecular complexity index is 864. The van der Waals surface area contributed by atoms with Crippen molar-refractivity contribution < 1.29 is 23.4 Å². The molecule has 0 saturated heterocycles. The van der Waals surface area contributed by atoms with E-state index in [0.29, 0.717) is 24.9 Å². The summed E-state index contributed by atoms with van der Waals surface area (Å²) in [6.45, 7) is 5.64. The summed E-state index contributed by atoms with van der Waals surface area (Å²) in [5.74, 6) is -3.42. The minimum absolute atomic E-state index is 0.0838. The van der Waals surface area contributed by atoms with Crippen LogP contribution in [-0.4, -0.2) is 33.5 Å². The van der Waals surface area contributed by atoms with Gasteiger partial charge in [-0.2, -0.15) is 0 Å². The third-order valence-corrected chi connectivity index (χ3v) is 5.65. The minimum Gasteiger partial charge on any atom is -0.478 e. The summed E-state index contributed by atoms with van der Waals surface area (Å²) in [4.78, 5) is 16.1. The van der Waals surface area contributed by atoms with Gasteiger partial charge in [-0.3, -0.25) is 0 Å². The van der Waals surface area contributed by atoms with E-state index in [1.54, 1.807) is 19.2 Å². The molecular formula is C20H26F2N2O3. The van der Waals surface area contributed by atoms with Crippen molar-refractivity contribution >= 4 is 11.6 Å². The first-order valence-corrected chi connectivity index (χ1v) is 9.23. The molecule has 2 aromatic rings. The maximum Gasteiger partial charge on any atom is 0.335 e. The van der Waals surface area contributed by atoms with E-state index in [-0.39, 0.29) is 24.3 Å². The van der Waals surface area contributed by atoms with Gasteiger partial charge in [-0.25, -0.2) is 18.6 Å². The molecule has 7 heteroatoms. The van der Waals surface area contributed by atoms with Gasteiger partial charge in [-0.05, 0) is 58.1 Å². The molecule has 0 amide bonds. The molecule has 1 aliphatic rings. The summed E-state index contributed by atoms with van der Waals surface area (Å²) in [5, 5.41) is 9.33. The molecule has 148 valence electrons. The number of pyridine rings is 1. The number of ether oxygens (including phenoxy) is 1. The molecule has 27 heavy (non-hydrogen) atoms. The number of carbonyl (C=O) groups is 1. The van der Waals surface area contributed by atoms with Crippen molar-refractivity contribution in [2.75, 3.05) is 7.11 Å². The van der Waals surface area contributed by atoms with Gasteiger partial charge < -0.3 is 14.2 Å². The maximum atomic E-state index is 13.5. The van der Waals surface area contributed by atoms with Crippen molar-refractivity contribution in [3.8, 4) is 0 Å². The zero-order valence-corrected chi connectivity index (χ0v) is 16.2. The van der Waals surface area contributed by atoms with Crippen LogP contribution < -0.4 is 0 Å². The molecule has 1 fully saturated rings.